The number of piperidine rings is 1. The van der Waals surface area contributed by atoms with Crippen LogP contribution in [-0.4, -0.2) is 55.2 Å². The molecule has 1 saturated heterocycles. The smallest absolute Gasteiger partial charge is 0.406 e. The van der Waals surface area contributed by atoms with Crippen LogP contribution in [0.3, 0.4) is 0 Å². The molecule has 42 heavy (non-hydrogen) atoms. The summed E-state index contributed by atoms with van der Waals surface area (Å²) in [5.74, 6) is -1.67. The van der Waals surface area contributed by atoms with E-state index in [0.717, 1.165) is 61.9 Å². The van der Waals surface area contributed by atoms with Crippen molar-refractivity contribution in [1.82, 2.24) is 15.5 Å². The molecule has 4 rings (SSSR count). The number of carbonyl (C=O) groups excluding carboxylic acids is 3. The van der Waals surface area contributed by atoms with Crippen LogP contribution in [0, 0.1) is 5.92 Å². The average Bonchev–Trinajstić information content (AvgIpc) is 2.96. The van der Waals surface area contributed by atoms with Gasteiger partial charge >= 0.3 is 6.36 Å². The van der Waals surface area contributed by atoms with Crippen molar-refractivity contribution in [1.29, 1.82) is 0 Å². The number of ether oxygens (including phenoxy) is 1. The fraction of sp³-hybridized carbons (Fsp3) is 0.300. The average molecular weight is 584 g/mol. The SMILES string of the molecule is Nc1ccc(OC(F)(F)F)cc1C(=O)NCC(=O)NCC1CCN(Cc2ccc(C(=O)Nc3ccccc3)cc2)CC1. The molecule has 1 heterocycles. The van der Waals surface area contributed by atoms with E-state index in [0.29, 0.717) is 12.1 Å². The van der Waals surface area contributed by atoms with Crippen molar-refractivity contribution in [3.63, 3.8) is 0 Å². The van der Waals surface area contributed by atoms with E-state index in [-0.39, 0.29) is 29.6 Å². The van der Waals surface area contributed by atoms with Gasteiger partial charge in [-0.1, -0.05) is 30.3 Å². The molecular formula is C30H32F3N5O4. The van der Waals surface area contributed by atoms with Gasteiger partial charge in [-0.15, -0.1) is 13.2 Å². The molecule has 0 unspecified atom stereocenters. The molecule has 1 fully saturated rings. The Kier molecular flexibility index (Phi) is 10.0. The molecule has 5 N–H and O–H groups in total. The Morgan fingerprint density at radius 1 is 0.905 bits per heavy atom. The number of hydrogen-bond acceptors (Lipinski definition) is 6. The number of likely N-dealkylation sites (tertiary alicyclic amines) is 1. The number of amides is 3. The van der Waals surface area contributed by atoms with E-state index in [4.69, 9.17) is 5.73 Å². The highest BCUT2D eigenvalue weighted by atomic mass is 19.4. The van der Waals surface area contributed by atoms with Crippen molar-refractivity contribution in [3.8, 4) is 5.75 Å². The van der Waals surface area contributed by atoms with Gasteiger partial charge in [0.05, 0.1) is 12.1 Å². The van der Waals surface area contributed by atoms with E-state index >= 15 is 0 Å². The van der Waals surface area contributed by atoms with Crippen molar-refractivity contribution in [2.24, 2.45) is 5.92 Å². The van der Waals surface area contributed by atoms with Gasteiger partial charge in [0.2, 0.25) is 5.91 Å². The summed E-state index contributed by atoms with van der Waals surface area (Å²) in [5, 5.41) is 8.05. The summed E-state index contributed by atoms with van der Waals surface area (Å²) < 4.78 is 41.2. The van der Waals surface area contributed by atoms with Crippen LogP contribution in [0.5, 0.6) is 5.75 Å². The molecule has 9 nitrogen and oxygen atoms in total. The van der Waals surface area contributed by atoms with Crippen molar-refractivity contribution in [2.75, 3.05) is 37.2 Å². The summed E-state index contributed by atoms with van der Waals surface area (Å²) in [6, 6.07) is 19.8. The lowest BCUT2D eigenvalue weighted by Crippen LogP contribution is -2.41. The van der Waals surface area contributed by atoms with Gasteiger partial charge in [-0.05, 0) is 79.9 Å². The number of carbonyl (C=O) groups is 3. The molecule has 0 spiro atoms. The van der Waals surface area contributed by atoms with Crippen LogP contribution in [0.1, 0.15) is 39.1 Å². The maximum absolute atomic E-state index is 12.5. The van der Waals surface area contributed by atoms with Gasteiger partial charge < -0.3 is 26.4 Å². The molecule has 0 bridgehead atoms. The maximum atomic E-state index is 12.5. The zero-order chi connectivity index (χ0) is 30.1. The van der Waals surface area contributed by atoms with Crippen LogP contribution in [0.25, 0.3) is 0 Å². The van der Waals surface area contributed by atoms with Gasteiger partial charge in [0, 0.05) is 30.0 Å². The molecule has 3 amide bonds. The third kappa shape index (κ3) is 9.23. The third-order valence-corrected chi connectivity index (χ3v) is 6.86. The number of nitrogen functional groups attached to an aromatic ring is 1. The van der Waals surface area contributed by atoms with Gasteiger partial charge in [0.15, 0.2) is 0 Å². The summed E-state index contributed by atoms with van der Waals surface area (Å²) in [4.78, 5) is 39.4. The quantitative estimate of drug-likeness (QED) is 0.266. The van der Waals surface area contributed by atoms with E-state index in [1.807, 2.05) is 54.6 Å². The third-order valence-electron chi connectivity index (χ3n) is 6.86. The molecule has 1 aliphatic rings. The van der Waals surface area contributed by atoms with Crippen LogP contribution in [0.2, 0.25) is 0 Å². The molecule has 0 saturated carbocycles. The van der Waals surface area contributed by atoms with Gasteiger partial charge in [0.1, 0.15) is 5.75 Å². The Morgan fingerprint density at radius 2 is 1.60 bits per heavy atom. The molecule has 0 aromatic heterocycles. The minimum atomic E-state index is -4.91. The van der Waals surface area contributed by atoms with Gasteiger partial charge in [-0.2, -0.15) is 0 Å². The van der Waals surface area contributed by atoms with Crippen molar-refractivity contribution >= 4 is 29.1 Å². The second-order valence-electron chi connectivity index (χ2n) is 10.0. The molecule has 12 heteroatoms. The first-order valence-corrected chi connectivity index (χ1v) is 13.4. The predicted molar refractivity (Wildman–Crippen MR) is 152 cm³/mol. The number of nitrogens with two attached hydrogens (primary N) is 1. The monoisotopic (exact) mass is 583 g/mol. The fourth-order valence-corrected chi connectivity index (χ4v) is 4.60. The van der Waals surface area contributed by atoms with Crippen molar-refractivity contribution in [3.05, 3.63) is 89.5 Å². The first-order chi connectivity index (χ1) is 20.1. The zero-order valence-corrected chi connectivity index (χ0v) is 22.7. The van der Waals surface area contributed by atoms with Crippen molar-refractivity contribution < 1.29 is 32.3 Å². The Balaban J connectivity index is 1.15. The number of halogens is 3. The van der Waals surface area contributed by atoms with Crippen LogP contribution < -0.4 is 26.4 Å². The van der Waals surface area contributed by atoms with Gasteiger partial charge in [-0.3, -0.25) is 19.3 Å². The largest absolute Gasteiger partial charge is 0.573 e. The highest BCUT2D eigenvalue weighted by Gasteiger charge is 2.31. The molecule has 222 valence electrons. The molecule has 3 aromatic carbocycles. The fourth-order valence-electron chi connectivity index (χ4n) is 4.60. The highest BCUT2D eigenvalue weighted by Crippen LogP contribution is 2.26. The summed E-state index contributed by atoms with van der Waals surface area (Å²) in [7, 11) is 0. The second kappa shape index (κ2) is 13.9. The Morgan fingerprint density at radius 3 is 2.26 bits per heavy atom. The first kappa shape index (κ1) is 30.4. The number of para-hydroxylation sites is 1. The van der Waals surface area contributed by atoms with Crippen LogP contribution in [-0.2, 0) is 11.3 Å². The second-order valence-corrected chi connectivity index (χ2v) is 10.0. The van der Waals surface area contributed by atoms with Gasteiger partial charge in [-0.25, -0.2) is 0 Å². The molecular weight excluding hydrogens is 551 g/mol. The van der Waals surface area contributed by atoms with Crippen LogP contribution >= 0.6 is 0 Å². The van der Waals surface area contributed by atoms with E-state index < -0.39 is 23.9 Å². The Hall–Kier alpha value is -4.58. The number of nitrogens with zero attached hydrogens (tertiary/aromatic N) is 1. The summed E-state index contributed by atoms with van der Waals surface area (Å²) in [5.41, 5.74) is 7.87. The normalized spacial score (nSPS) is 14.2. The lowest BCUT2D eigenvalue weighted by Gasteiger charge is -2.32. The lowest BCUT2D eigenvalue weighted by atomic mass is 9.96. The molecule has 0 radical (unpaired) electrons. The molecule has 1 aliphatic heterocycles. The van der Waals surface area contributed by atoms with E-state index in [1.54, 1.807) is 0 Å². The number of anilines is 2. The standard InChI is InChI=1S/C30H32F3N5O4/c31-30(32,33)42-24-10-11-26(34)25(16-24)29(41)36-18-27(39)35-17-20-12-14-38(15-13-20)19-21-6-8-22(9-7-21)28(40)37-23-4-2-1-3-5-23/h1-11,16,20H,12-15,17-19,34H2,(H,35,39)(H,36,41)(H,37,40). The Bertz CT molecular complexity index is 1380. The van der Waals surface area contributed by atoms with Gasteiger partial charge in [0.25, 0.3) is 11.8 Å². The van der Waals surface area contributed by atoms with Crippen LogP contribution in [0.4, 0.5) is 24.5 Å². The number of nitrogens with one attached hydrogen (secondary N) is 3. The predicted octanol–water partition coefficient (Wildman–Crippen LogP) is 4.18. The topological polar surface area (TPSA) is 126 Å². The molecule has 0 aliphatic carbocycles. The molecule has 0 atom stereocenters. The lowest BCUT2D eigenvalue weighted by molar-refractivity contribution is -0.274. The Labute approximate surface area is 241 Å². The number of benzene rings is 3. The number of rotatable bonds is 10. The van der Waals surface area contributed by atoms with E-state index in [2.05, 4.69) is 25.6 Å². The summed E-state index contributed by atoms with van der Waals surface area (Å²) in [6.07, 6.45) is -3.15. The number of hydrogen-bond donors (Lipinski definition) is 4. The minimum Gasteiger partial charge on any atom is -0.406 e. The zero-order valence-electron chi connectivity index (χ0n) is 22.7. The molecule has 3 aromatic rings. The minimum absolute atomic E-state index is 0.0429. The highest BCUT2D eigenvalue weighted by molar-refractivity contribution is 6.04. The van der Waals surface area contributed by atoms with E-state index in [1.165, 1.54) is 0 Å². The first-order valence-electron chi connectivity index (χ1n) is 13.4. The number of alkyl halides is 3. The van der Waals surface area contributed by atoms with Crippen LogP contribution in [0.15, 0.2) is 72.8 Å². The summed E-state index contributed by atoms with van der Waals surface area (Å²) in [6.45, 7) is 2.56. The van der Waals surface area contributed by atoms with Crippen molar-refractivity contribution in [2.45, 2.75) is 25.7 Å². The summed E-state index contributed by atoms with van der Waals surface area (Å²) >= 11 is 0. The maximum Gasteiger partial charge on any atom is 0.573 e. The van der Waals surface area contributed by atoms with E-state index in [9.17, 15) is 27.6 Å².